The summed E-state index contributed by atoms with van der Waals surface area (Å²) in [5.41, 5.74) is 0.211. The normalized spacial score (nSPS) is 16.6. The monoisotopic (exact) mass is 262 g/mol. The highest BCUT2D eigenvalue weighted by molar-refractivity contribution is 5.80. The molecule has 2 rings (SSSR count). The van der Waals surface area contributed by atoms with Crippen LogP contribution in [0.25, 0.3) is 0 Å². The first-order valence-corrected chi connectivity index (χ1v) is 6.77. The van der Waals surface area contributed by atoms with Gasteiger partial charge < -0.3 is 10.2 Å². The molecule has 0 aliphatic carbocycles. The molecule has 5 nitrogen and oxygen atoms in total. The van der Waals surface area contributed by atoms with Crippen LogP contribution in [0.2, 0.25) is 0 Å². The van der Waals surface area contributed by atoms with Gasteiger partial charge in [0, 0.05) is 38.5 Å². The van der Waals surface area contributed by atoms with E-state index in [1.165, 1.54) is 0 Å². The third-order valence-electron chi connectivity index (χ3n) is 3.10. The minimum Gasteiger partial charge on any atom is -0.369 e. The lowest BCUT2D eigenvalue weighted by Gasteiger charge is -2.27. The van der Waals surface area contributed by atoms with Crippen molar-refractivity contribution in [2.75, 3.05) is 29.9 Å². The number of nitrogens with zero attached hydrogens (tertiary/aromatic N) is 3. The van der Waals surface area contributed by atoms with E-state index < -0.39 is 0 Å². The zero-order valence-electron chi connectivity index (χ0n) is 11.9. The Balaban J connectivity index is 2.00. The zero-order valence-corrected chi connectivity index (χ0v) is 11.9. The van der Waals surface area contributed by atoms with Crippen LogP contribution in [0.15, 0.2) is 12.4 Å². The van der Waals surface area contributed by atoms with Crippen molar-refractivity contribution in [3.63, 3.8) is 0 Å². The number of nitrogens with one attached hydrogen (secondary N) is 1. The molecule has 0 atom stereocenters. The van der Waals surface area contributed by atoms with Crippen LogP contribution in [0, 0.1) is 5.41 Å². The Morgan fingerprint density at radius 1 is 1.26 bits per heavy atom. The van der Waals surface area contributed by atoms with Crippen LogP contribution in [0.1, 0.15) is 33.6 Å². The van der Waals surface area contributed by atoms with E-state index in [2.05, 4.69) is 41.0 Å². The zero-order chi connectivity index (χ0) is 13.9. The fourth-order valence-electron chi connectivity index (χ4n) is 1.96. The molecular weight excluding hydrogens is 240 g/mol. The van der Waals surface area contributed by atoms with Gasteiger partial charge in [-0.25, -0.2) is 9.97 Å². The fourth-order valence-corrected chi connectivity index (χ4v) is 1.96. The average Bonchev–Trinajstić information content (AvgIpc) is 2.37. The first-order valence-electron chi connectivity index (χ1n) is 6.77. The maximum absolute atomic E-state index is 11.2. The summed E-state index contributed by atoms with van der Waals surface area (Å²) in [6, 6.07) is 1.96. The van der Waals surface area contributed by atoms with E-state index in [-0.39, 0.29) is 5.41 Å². The number of piperidine rings is 1. The largest absolute Gasteiger partial charge is 0.369 e. The second-order valence-corrected chi connectivity index (χ2v) is 6.20. The Morgan fingerprint density at radius 2 is 1.95 bits per heavy atom. The number of hydrogen-bond donors (Lipinski definition) is 1. The van der Waals surface area contributed by atoms with Crippen LogP contribution in [0.3, 0.4) is 0 Å². The van der Waals surface area contributed by atoms with E-state index in [1.54, 1.807) is 6.33 Å². The maximum atomic E-state index is 11.2. The maximum Gasteiger partial charge on any atom is 0.136 e. The predicted octanol–water partition coefficient (Wildman–Crippen LogP) is 2.10. The molecule has 5 heteroatoms. The van der Waals surface area contributed by atoms with Gasteiger partial charge in [-0.15, -0.1) is 0 Å². The lowest BCUT2D eigenvalue weighted by Crippen LogP contribution is -2.34. The van der Waals surface area contributed by atoms with Crippen LogP contribution < -0.4 is 10.2 Å². The summed E-state index contributed by atoms with van der Waals surface area (Å²) in [7, 11) is 0. The molecule has 0 spiro atoms. The molecule has 0 radical (unpaired) electrons. The van der Waals surface area contributed by atoms with Gasteiger partial charge in [0.2, 0.25) is 0 Å². The van der Waals surface area contributed by atoms with Crippen LogP contribution in [-0.4, -0.2) is 35.4 Å². The SMILES string of the molecule is CC(C)(C)CNc1cc(N2CCC(=O)CC2)ncn1. The highest BCUT2D eigenvalue weighted by atomic mass is 16.1. The van der Waals surface area contributed by atoms with Crippen LogP contribution in [0.4, 0.5) is 11.6 Å². The summed E-state index contributed by atoms with van der Waals surface area (Å²) >= 11 is 0. The van der Waals surface area contributed by atoms with Gasteiger partial charge >= 0.3 is 0 Å². The van der Waals surface area contributed by atoms with Crippen molar-refractivity contribution >= 4 is 17.4 Å². The van der Waals surface area contributed by atoms with E-state index in [4.69, 9.17) is 0 Å². The second kappa shape index (κ2) is 5.55. The van der Waals surface area contributed by atoms with E-state index >= 15 is 0 Å². The molecule has 1 aliphatic rings. The van der Waals surface area contributed by atoms with Crippen LogP contribution in [-0.2, 0) is 4.79 Å². The van der Waals surface area contributed by atoms with Crippen molar-refractivity contribution in [2.45, 2.75) is 33.6 Å². The Kier molecular flexibility index (Phi) is 4.02. The van der Waals surface area contributed by atoms with Gasteiger partial charge in [0.05, 0.1) is 0 Å². The molecule has 2 heterocycles. The molecule has 0 saturated carbocycles. The first-order chi connectivity index (χ1) is 8.94. The molecule has 104 valence electrons. The number of rotatable bonds is 3. The molecule has 1 aliphatic heterocycles. The van der Waals surface area contributed by atoms with Gasteiger partial charge in [0.25, 0.3) is 0 Å². The Bertz CT molecular complexity index is 443. The van der Waals surface area contributed by atoms with Crippen LogP contribution >= 0.6 is 0 Å². The molecule has 19 heavy (non-hydrogen) atoms. The quantitative estimate of drug-likeness (QED) is 0.904. The predicted molar refractivity (Wildman–Crippen MR) is 76.4 cm³/mol. The average molecular weight is 262 g/mol. The van der Waals surface area contributed by atoms with Crippen molar-refractivity contribution in [3.05, 3.63) is 12.4 Å². The van der Waals surface area contributed by atoms with Crippen molar-refractivity contribution in [3.8, 4) is 0 Å². The topological polar surface area (TPSA) is 58.1 Å². The molecule has 1 aromatic rings. The molecule has 1 N–H and O–H groups in total. The summed E-state index contributed by atoms with van der Waals surface area (Å²) in [5, 5.41) is 3.33. The van der Waals surface area contributed by atoms with E-state index in [1.807, 2.05) is 6.07 Å². The molecule has 0 unspecified atom stereocenters. The van der Waals surface area contributed by atoms with E-state index in [0.717, 1.165) is 31.3 Å². The summed E-state index contributed by atoms with van der Waals surface area (Å²) in [4.78, 5) is 21.9. The third-order valence-corrected chi connectivity index (χ3v) is 3.10. The minimum atomic E-state index is 0.211. The number of carbonyl (C=O) groups excluding carboxylic acids is 1. The Hall–Kier alpha value is -1.65. The van der Waals surface area contributed by atoms with E-state index in [9.17, 15) is 4.79 Å². The number of Topliss-reactive ketones (excluding diaryl/α,β-unsaturated/α-hetero) is 1. The van der Waals surface area contributed by atoms with Gasteiger partial charge in [0.15, 0.2) is 0 Å². The van der Waals surface area contributed by atoms with E-state index in [0.29, 0.717) is 18.6 Å². The fraction of sp³-hybridized carbons (Fsp3) is 0.643. The Morgan fingerprint density at radius 3 is 2.58 bits per heavy atom. The molecular formula is C14H22N4O. The standard InChI is InChI=1S/C14H22N4O/c1-14(2,3)9-15-12-8-13(17-10-16-12)18-6-4-11(19)5-7-18/h8,10H,4-7,9H2,1-3H3,(H,15,16,17). The van der Waals surface area contributed by atoms with Crippen LogP contribution in [0.5, 0.6) is 0 Å². The third kappa shape index (κ3) is 4.19. The van der Waals surface area contributed by atoms with Crippen molar-refractivity contribution in [2.24, 2.45) is 5.41 Å². The van der Waals surface area contributed by atoms with Gasteiger partial charge in [-0.1, -0.05) is 20.8 Å². The summed E-state index contributed by atoms with van der Waals surface area (Å²) in [5.74, 6) is 2.09. The summed E-state index contributed by atoms with van der Waals surface area (Å²) < 4.78 is 0. The van der Waals surface area contributed by atoms with Gasteiger partial charge in [0.1, 0.15) is 23.7 Å². The lowest BCUT2D eigenvalue weighted by atomic mass is 9.97. The smallest absolute Gasteiger partial charge is 0.136 e. The molecule has 1 aromatic heterocycles. The van der Waals surface area contributed by atoms with Gasteiger partial charge in [-0.05, 0) is 5.41 Å². The molecule has 1 saturated heterocycles. The number of aromatic nitrogens is 2. The molecule has 0 amide bonds. The summed E-state index contributed by atoms with van der Waals surface area (Å²) in [6.07, 6.45) is 2.82. The number of carbonyl (C=O) groups is 1. The van der Waals surface area contributed by atoms with Crippen molar-refractivity contribution in [1.82, 2.24) is 9.97 Å². The summed E-state index contributed by atoms with van der Waals surface area (Å²) in [6.45, 7) is 8.92. The van der Waals surface area contributed by atoms with Crippen molar-refractivity contribution < 1.29 is 4.79 Å². The Labute approximate surface area is 114 Å². The number of anilines is 2. The van der Waals surface area contributed by atoms with Gasteiger partial charge in [-0.3, -0.25) is 4.79 Å². The lowest BCUT2D eigenvalue weighted by molar-refractivity contribution is -0.119. The molecule has 0 aromatic carbocycles. The highest BCUT2D eigenvalue weighted by Crippen LogP contribution is 2.19. The van der Waals surface area contributed by atoms with Crippen molar-refractivity contribution in [1.29, 1.82) is 0 Å². The number of ketones is 1. The molecule has 1 fully saturated rings. The minimum absolute atomic E-state index is 0.211. The molecule has 0 bridgehead atoms. The van der Waals surface area contributed by atoms with Gasteiger partial charge in [-0.2, -0.15) is 0 Å². The second-order valence-electron chi connectivity index (χ2n) is 6.20. The first kappa shape index (κ1) is 13.8. The number of hydrogen-bond acceptors (Lipinski definition) is 5. The highest BCUT2D eigenvalue weighted by Gasteiger charge is 2.18.